The number of benzene rings is 2. The van der Waals surface area contributed by atoms with Crippen molar-refractivity contribution in [3.05, 3.63) is 52.9 Å². The Morgan fingerprint density at radius 3 is 2.57 bits per heavy atom. The number of hydrogen-bond acceptors (Lipinski definition) is 6. The summed E-state index contributed by atoms with van der Waals surface area (Å²) in [7, 11) is 1.57. The van der Waals surface area contributed by atoms with Gasteiger partial charge in [0.25, 0.3) is 5.91 Å². The Morgan fingerprint density at radius 1 is 1.10 bits per heavy atom. The van der Waals surface area contributed by atoms with Crippen LogP contribution in [0, 0.1) is 5.92 Å². The van der Waals surface area contributed by atoms with Gasteiger partial charge in [-0.2, -0.15) is 0 Å². The zero-order valence-electron chi connectivity index (χ0n) is 17.5. The van der Waals surface area contributed by atoms with Gasteiger partial charge in [0.2, 0.25) is 0 Å². The molecule has 0 radical (unpaired) electrons. The Labute approximate surface area is 187 Å². The highest BCUT2D eigenvalue weighted by Gasteiger charge is 2.34. The molecule has 0 N–H and O–H groups in total. The molecule has 158 valence electrons. The number of thiocarbonyl (C=S) groups is 1. The molecule has 0 aliphatic carbocycles. The van der Waals surface area contributed by atoms with E-state index in [-0.39, 0.29) is 5.91 Å². The predicted octanol–water partition coefficient (Wildman–Crippen LogP) is 5.53. The second kappa shape index (κ2) is 10.00. The third-order valence-electron chi connectivity index (χ3n) is 4.26. The lowest BCUT2D eigenvalue weighted by atomic mass is 10.1. The van der Waals surface area contributed by atoms with Gasteiger partial charge in [0.15, 0.2) is 15.8 Å². The molecule has 0 spiro atoms. The average molecular weight is 444 g/mol. The first-order valence-electron chi connectivity index (χ1n) is 9.75. The Morgan fingerprint density at radius 2 is 1.87 bits per heavy atom. The van der Waals surface area contributed by atoms with E-state index >= 15 is 0 Å². The smallest absolute Gasteiger partial charge is 0.270 e. The second-order valence-electron chi connectivity index (χ2n) is 7.03. The van der Waals surface area contributed by atoms with Crippen LogP contribution in [-0.4, -0.2) is 30.6 Å². The van der Waals surface area contributed by atoms with Crippen molar-refractivity contribution in [2.75, 3.05) is 25.2 Å². The molecular weight excluding hydrogens is 418 g/mol. The zero-order valence-corrected chi connectivity index (χ0v) is 19.1. The topological polar surface area (TPSA) is 48.0 Å². The van der Waals surface area contributed by atoms with E-state index in [1.54, 1.807) is 7.11 Å². The summed E-state index contributed by atoms with van der Waals surface area (Å²) in [4.78, 5) is 15.1. The molecule has 1 heterocycles. The molecule has 1 amide bonds. The Bertz CT molecular complexity index is 971. The minimum Gasteiger partial charge on any atom is -0.495 e. The lowest BCUT2D eigenvalue weighted by Gasteiger charge is -2.17. The summed E-state index contributed by atoms with van der Waals surface area (Å²) < 4.78 is 17.5. The fraction of sp³-hybridized carbons (Fsp3) is 0.304. The third kappa shape index (κ3) is 4.96. The van der Waals surface area contributed by atoms with E-state index in [1.165, 1.54) is 16.7 Å². The van der Waals surface area contributed by atoms with Gasteiger partial charge in [-0.15, -0.1) is 0 Å². The van der Waals surface area contributed by atoms with Gasteiger partial charge in [0, 0.05) is 0 Å². The second-order valence-corrected chi connectivity index (χ2v) is 8.71. The van der Waals surface area contributed by atoms with Crippen LogP contribution in [-0.2, 0) is 4.79 Å². The maximum atomic E-state index is 13.1. The third-order valence-corrected chi connectivity index (χ3v) is 5.56. The molecular formula is C23H25NO4S2. The summed E-state index contributed by atoms with van der Waals surface area (Å²) >= 11 is 6.74. The molecule has 2 aromatic rings. The van der Waals surface area contributed by atoms with Gasteiger partial charge in [-0.1, -0.05) is 56.0 Å². The van der Waals surface area contributed by atoms with Crippen molar-refractivity contribution in [1.82, 2.24) is 0 Å². The number of hydrogen-bond donors (Lipinski definition) is 0. The number of amides is 1. The molecule has 2 aromatic carbocycles. The van der Waals surface area contributed by atoms with Crippen LogP contribution in [0.25, 0.3) is 6.08 Å². The zero-order chi connectivity index (χ0) is 21.7. The molecule has 1 saturated heterocycles. The molecule has 0 aromatic heterocycles. The summed E-state index contributed by atoms with van der Waals surface area (Å²) in [5.41, 5.74) is 1.48. The highest BCUT2D eigenvalue weighted by atomic mass is 32.2. The molecule has 0 bridgehead atoms. The van der Waals surface area contributed by atoms with Crippen LogP contribution < -0.4 is 19.1 Å². The van der Waals surface area contributed by atoms with E-state index in [9.17, 15) is 4.79 Å². The van der Waals surface area contributed by atoms with Gasteiger partial charge in [-0.25, -0.2) is 0 Å². The summed E-state index contributed by atoms with van der Waals surface area (Å²) in [5, 5.41) is 0. The summed E-state index contributed by atoms with van der Waals surface area (Å²) in [6, 6.07) is 13.0. The fourth-order valence-electron chi connectivity index (χ4n) is 2.90. The van der Waals surface area contributed by atoms with Crippen LogP contribution in [0.3, 0.4) is 0 Å². The lowest BCUT2D eigenvalue weighted by Crippen LogP contribution is -2.27. The number of thioether (sulfide) groups is 1. The number of methoxy groups -OCH3 is 1. The first-order valence-corrected chi connectivity index (χ1v) is 11.0. The highest BCUT2D eigenvalue weighted by molar-refractivity contribution is 8.27. The van der Waals surface area contributed by atoms with Gasteiger partial charge in [0.1, 0.15) is 5.75 Å². The summed E-state index contributed by atoms with van der Waals surface area (Å²) in [5.74, 6) is 2.19. The number of ether oxygens (including phenoxy) is 3. The molecule has 7 heteroatoms. The molecule has 30 heavy (non-hydrogen) atoms. The monoisotopic (exact) mass is 443 g/mol. The van der Waals surface area contributed by atoms with Crippen LogP contribution >= 0.6 is 24.0 Å². The highest BCUT2D eigenvalue weighted by Crippen LogP contribution is 2.40. The van der Waals surface area contributed by atoms with E-state index in [0.717, 1.165) is 5.56 Å². The number of anilines is 1. The van der Waals surface area contributed by atoms with Crippen LogP contribution in [0.2, 0.25) is 0 Å². The fourth-order valence-corrected chi connectivity index (χ4v) is 4.18. The number of nitrogens with zero attached hydrogens (tertiary/aromatic N) is 1. The molecule has 0 saturated carbocycles. The van der Waals surface area contributed by atoms with Gasteiger partial charge in [-0.3, -0.25) is 9.69 Å². The van der Waals surface area contributed by atoms with Crippen molar-refractivity contribution in [3.63, 3.8) is 0 Å². The maximum absolute atomic E-state index is 13.1. The SMILES string of the molecule is CCOc1cc(/C=C2\SC(=S)N(c3ccccc3OC)C2=O)ccc1OCC(C)C. The average Bonchev–Trinajstić information content (AvgIpc) is 3.00. The van der Waals surface area contributed by atoms with E-state index in [4.69, 9.17) is 26.4 Å². The van der Waals surface area contributed by atoms with E-state index in [2.05, 4.69) is 13.8 Å². The van der Waals surface area contributed by atoms with Crippen molar-refractivity contribution in [1.29, 1.82) is 0 Å². The van der Waals surface area contributed by atoms with Crippen molar-refractivity contribution in [3.8, 4) is 17.2 Å². The van der Waals surface area contributed by atoms with Crippen molar-refractivity contribution >= 4 is 46.0 Å². The first-order chi connectivity index (χ1) is 14.4. The number of rotatable bonds is 8. The van der Waals surface area contributed by atoms with E-state index in [0.29, 0.717) is 51.3 Å². The summed E-state index contributed by atoms with van der Waals surface area (Å²) in [6.45, 7) is 7.25. The normalized spacial score (nSPS) is 15.2. The van der Waals surface area contributed by atoms with Crippen LogP contribution in [0.15, 0.2) is 47.4 Å². The molecule has 1 aliphatic rings. The van der Waals surface area contributed by atoms with E-state index in [1.807, 2.05) is 55.5 Å². The van der Waals surface area contributed by atoms with Gasteiger partial charge >= 0.3 is 0 Å². The molecule has 0 unspecified atom stereocenters. The number of carbonyl (C=O) groups excluding carboxylic acids is 1. The molecule has 5 nitrogen and oxygen atoms in total. The minimum atomic E-state index is -0.174. The van der Waals surface area contributed by atoms with Gasteiger partial charge < -0.3 is 14.2 Å². The lowest BCUT2D eigenvalue weighted by molar-refractivity contribution is -0.113. The van der Waals surface area contributed by atoms with E-state index < -0.39 is 0 Å². The standard InChI is InChI=1S/C23H25NO4S2/c1-5-27-20-12-16(10-11-19(20)28-14-15(2)3)13-21-22(25)24(23(29)30-21)17-8-6-7-9-18(17)26-4/h6-13,15H,5,14H2,1-4H3/b21-13-. The molecule has 0 atom stereocenters. The van der Waals surface area contributed by atoms with Crippen molar-refractivity contribution in [2.24, 2.45) is 5.92 Å². The van der Waals surface area contributed by atoms with Crippen molar-refractivity contribution in [2.45, 2.75) is 20.8 Å². The first kappa shape index (κ1) is 22.2. The van der Waals surface area contributed by atoms with Gasteiger partial charge in [0.05, 0.1) is 30.9 Å². The van der Waals surface area contributed by atoms with Crippen LogP contribution in [0.1, 0.15) is 26.3 Å². The van der Waals surface area contributed by atoms with Gasteiger partial charge in [-0.05, 0) is 48.7 Å². The quantitative estimate of drug-likeness (QED) is 0.395. The minimum absolute atomic E-state index is 0.174. The molecule has 3 rings (SSSR count). The van der Waals surface area contributed by atoms with Crippen molar-refractivity contribution < 1.29 is 19.0 Å². The Kier molecular flexibility index (Phi) is 7.39. The Hall–Kier alpha value is -2.51. The molecule has 1 fully saturated rings. The number of carbonyl (C=O) groups is 1. The van der Waals surface area contributed by atoms with Crippen LogP contribution in [0.5, 0.6) is 17.2 Å². The molecule has 1 aliphatic heterocycles. The maximum Gasteiger partial charge on any atom is 0.270 e. The summed E-state index contributed by atoms with van der Waals surface area (Å²) in [6.07, 6.45) is 1.82. The number of para-hydroxylation sites is 2. The Balaban J connectivity index is 1.88. The predicted molar refractivity (Wildman–Crippen MR) is 127 cm³/mol. The van der Waals surface area contributed by atoms with Crippen LogP contribution in [0.4, 0.5) is 5.69 Å². The largest absolute Gasteiger partial charge is 0.495 e.